The summed E-state index contributed by atoms with van der Waals surface area (Å²) in [6, 6.07) is 17.6. The first-order chi connectivity index (χ1) is 34.3. The Morgan fingerprint density at radius 3 is 1.27 bits per heavy atom. The first-order valence-corrected chi connectivity index (χ1v) is 31.7. The monoisotopic (exact) mass is 1020 g/mol. The molecule has 0 saturated heterocycles. The summed E-state index contributed by atoms with van der Waals surface area (Å²) >= 11 is 7.09. The van der Waals surface area contributed by atoms with E-state index in [-0.39, 0.29) is 11.8 Å². The SMILES string of the molecule is CCCCCCCCCCCCC(CCCCCCCCCC)CN1C(=O)C2=C(c3ccc(C)s3)N(CCCCCCCCCCCC)C(=O)C2=C1c1ccc(-c2ccc(/C=C/c3ccc(C)s3)s2)s1. The number of amides is 2. The van der Waals surface area contributed by atoms with Crippen molar-refractivity contribution in [2.24, 2.45) is 5.92 Å². The summed E-state index contributed by atoms with van der Waals surface area (Å²) in [5.41, 5.74) is 3.03. The van der Waals surface area contributed by atoms with Crippen LogP contribution in [0, 0.1) is 19.8 Å². The number of hydrogen-bond acceptors (Lipinski definition) is 6. The summed E-state index contributed by atoms with van der Waals surface area (Å²) in [5.74, 6) is 0.461. The summed E-state index contributed by atoms with van der Waals surface area (Å²) in [6.45, 7) is 12.5. The summed E-state index contributed by atoms with van der Waals surface area (Å²) < 4.78 is 0. The molecule has 0 aromatic carbocycles. The van der Waals surface area contributed by atoms with Crippen molar-refractivity contribution >= 4 is 80.7 Å². The number of rotatable bonds is 38. The van der Waals surface area contributed by atoms with Crippen molar-refractivity contribution in [1.82, 2.24) is 9.80 Å². The normalized spacial score (nSPS) is 14.5. The molecule has 4 nitrogen and oxygen atoms in total. The Morgan fingerprint density at radius 1 is 0.400 bits per heavy atom. The minimum absolute atomic E-state index is 0.0226. The molecule has 6 heterocycles. The van der Waals surface area contributed by atoms with Gasteiger partial charge in [0.2, 0.25) is 0 Å². The minimum Gasteiger partial charge on any atom is -0.306 e. The average Bonchev–Trinajstić information content (AvgIpc) is 4.24. The number of carbonyl (C=O) groups is 2. The highest BCUT2D eigenvalue weighted by molar-refractivity contribution is 7.23. The van der Waals surface area contributed by atoms with Crippen LogP contribution in [-0.4, -0.2) is 34.7 Å². The smallest absolute Gasteiger partial charge is 0.261 e. The molecule has 0 radical (unpaired) electrons. The third kappa shape index (κ3) is 17.3. The first kappa shape index (κ1) is 56.3. The molecule has 70 heavy (non-hydrogen) atoms. The zero-order valence-corrected chi connectivity index (χ0v) is 47.6. The topological polar surface area (TPSA) is 40.6 Å². The van der Waals surface area contributed by atoms with E-state index in [2.05, 4.69) is 100 Å². The lowest BCUT2D eigenvalue weighted by atomic mass is 9.93. The van der Waals surface area contributed by atoms with Crippen molar-refractivity contribution in [1.29, 1.82) is 0 Å². The zero-order chi connectivity index (χ0) is 49.3. The number of fused-ring (bicyclic) bond motifs is 1. The third-order valence-electron chi connectivity index (χ3n) is 14.6. The van der Waals surface area contributed by atoms with Gasteiger partial charge in [0.05, 0.1) is 32.3 Å². The van der Waals surface area contributed by atoms with Crippen LogP contribution in [0.25, 0.3) is 33.3 Å². The van der Waals surface area contributed by atoms with Crippen molar-refractivity contribution < 1.29 is 9.59 Å². The Kier molecular flexibility index (Phi) is 25.3. The van der Waals surface area contributed by atoms with Crippen molar-refractivity contribution in [2.75, 3.05) is 13.1 Å². The largest absolute Gasteiger partial charge is 0.306 e. The highest BCUT2D eigenvalue weighted by atomic mass is 32.1. The third-order valence-corrected chi connectivity index (χ3v) is 19.0. The number of nitrogens with zero attached hydrogens (tertiary/aromatic N) is 2. The summed E-state index contributed by atoms with van der Waals surface area (Å²) in [7, 11) is 0. The van der Waals surface area contributed by atoms with E-state index in [1.807, 2.05) is 27.6 Å². The van der Waals surface area contributed by atoms with Gasteiger partial charge in [-0.3, -0.25) is 9.59 Å². The van der Waals surface area contributed by atoms with Crippen molar-refractivity contribution in [3.8, 4) is 9.75 Å². The maximum absolute atomic E-state index is 15.5. The molecule has 0 spiro atoms. The van der Waals surface area contributed by atoms with Crippen LogP contribution in [0.5, 0.6) is 0 Å². The van der Waals surface area contributed by atoms with Gasteiger partial charge in [-0.1, -0.05) is 194 Å². The molecule has 384 valence electrons. The molecular formula is C62H90N2O2S4. The summed E-state index contributed by atoms with van der Waals surface area (Å²) in [4.78, 5) is 44.4. The molecule has 1 unspecified atom stereocenters. The van der Waals surface area contributed by atoms with Crippen LogP contribution in [0.2, 0.25) is 0 Å². The van der Waals surface area contributed by atoms with E-state index in [1.165, 1.54) is 196 Å². The molecule has 4 aromatic heterocycles. The lowest BCUT2D eigenvalue weighted by molar-refractivity contribution is -0.124. The number of hydrogen-bond donors (Lipinski definition) is 0. The fraction of sp³-hybridized carbons (Fsp3) is 0.613. The molecule has 2 aliphatic rings. The first-order valence-electron chi connectivity index (χ1n) is 28.5. The molecule has 0 fully saturated rings. The maximum atomic E-state index is 15.5. The van der Waals surface area contributed by atoms with E-state index in [1.54, 1.807) is 22.7 Å². The van der Waals surface area contributed by atoms with Crippen molar-refractivity contribution in [2.45, 2.75) is 227 Å². The van der Waals surface area contributed by atoms with E-state index in [0.29, 0.717) is 30.2 Å². The van der Waals surface area contributed by atoms with E-state index in [9.17, 15) is 0 Å². The van der Waals surface area contributed by atoms with E-state index >= 15 is 9.59 Å². The Morgan fingerprint density at radius 2 is 0.771 bits per heavy atom. The number of carbonyl (C=O) groups excluding carboxylic acids is 2. The predicted molar refractivity (Wildman–Crippen MR) is 311 cm³/mol. The number of aryl methyl sites for hydroxylation is 2. The Hall–Kier alpha value is -3.04. The standard InChI is InChI=1S/C62H90N2O2S4/c1-6-9-12-15-18-21-23-26-29-32-35-50(34-31-28-25-20-17-14-11-8-3)47-64-60(56-45-44-54(70-56)53-43-41-52(69-53)40-39-51-38-36-48(4)67-51)58-57(62(64)66)59(55-42-37-49(5)68-55)63(61(58)65)46-33-30-27-24-22-19-16-13-10-7-2/h36-45,50H,6-35,46-47H2,1-5H3/b40-39+. The van der Waals surface area contributed by atoms with Gasteiger partial charge in [0, 0.05) is 42.4 Å². The van der Waals surface area contributed by atoms with E-state index in [0.717, 1.165) is 46.8 Å². The van der Waals surface area contributed by atoms with Gasteiger partial charge in [-0.25, -0.2) is 0 Å². The lowest BCUT2D eigenvalue weighted by Crippen LogP contribution is -2.33. The lowest BCUT2D eigenvalue weighted by Gasteiger charge is -2.28. The highest BCUT2D eigenvalue weighted by Gasteiger charge is 2.49. The molecule has 0 aliphatic carbocycles. The van der Waals surface area contributed by atoms with Crippen LogP contribution in [0.3, 0.4) is 0 Å². The Bertz CT molecular complexity index is 2250. The molecular weight excluding hydrogens is 933 g/mol. The van der Waals surface area contributed by atoms with Gasteiger partial charge in [-0.05, 0) is 99.7 Å². The van der Waals surface area contributed by atoms with Gasteiger partial charge >= 0.3 is 0 Å². The van der Waals surface area contributed by atoms with Crippen LogP contribution >= 0.6 is 45.3 Å². The molecule has 1 atom stereocenters. The molecule has 0 N–H and O–H groups in total. The zero-order valence-electron chi connectivity index (χ0n) is 44.3. The van der Waals surface area contributed by atoms with Crippen LogP contribution in [0.4, 0.5) is 0 Å². The van der Waals surface area contributed by atoms with E-state index in [4.69, 9.17) is 0 Å². The molecule has 0 saturated carbocycles. The second-order valence-electron chi connectivity index (χ2n) is 20.7. The van der Waals surface area contributed by atoms with Crippen LogP contribution < -0.4 is 0 Å². The van der Waals surface area contributed by atoms with Crippen LogP contribution in [-0.2, 0) is 9.59 Å². The van der Waals surface area contributed by atoms with Gasteiger partial charge in [0.15, 0.2) is 0 Å². The van der Waals surface area contributed by atoms with Crippen LogP contribution in [0.1, 0.15) is 243 Å². The molecule has 8 heteroatoms. The second-order valence-corrected chi connectivity index (χ2v) is 25.5. The molecule has 6 rings (SSSR count). The number of thiophene rings is 4. The van der Waals surface area contributed by atoms with Gasteiger partial charge in [0.25, 0.3) is 11.8 Å². The fourth-order valence-electron chi connectivity index (χ4n) is 10.6. The second kappa shape index (κ2) is 31.5. The number of unbranched alkanes of at least 4 members (excludes halogenated alkanes) is 25. The molecule has 0 bridgehead atoms. The van der Waals surface area contributed by atoms with Gasteiger partial charge in [-0.2, -0.15) is 0 Å². The fourth-order valence-corrected chi connectivity index (χ4v) is 14.3. The van der Waals surface area contributed by atoms with Crippen LogP contribution in [0.15, 0.2) is 59.7 Å². The predicted octanol–water partition coefficient (Wildman–Crippen LogP) is 20.6. The summed E-state index contributed by atoms with van der Waals surface area (Å²) in [6.07, 6.45) is 43.0. The van der Waals surface area contributed by atoms with E-state index < -0.39 is 0 Å². The van der Waals surface area contributed by atoms with Gasteiger partial charge in [0.1, 0.15) is 0 Å². The average molecular weight is 1020 g/mol. The van der Waals surface area contributed by atoms with Crippen molar-refractivity contribution in [3.05, 3.63) is 88.9 Å². The van der Waals surface area contributed by atoms with Gasteiger partial charge < -0.3 is 9.80 Å². The summed E-state index contributed by atoms with van der Waals surface area (Å²) in [5, 5.41) is 0. The maximum Gasteiger partial charge on any atom is 0.261 e. The molecule has 4 aromatic rings. The molecule has 2 amide bonds. The minimum atomic E-state index is 0.0226. The Balaban J connectivity index is 1.25. The molecule has 2 aliphatic heterocycles. The quantitative estimate of drug-likeness (QED) is 0.0420. The van der Waals surface area contributed by atoms with Gasteiger partial charge in [-0.15, -0.1) is 45.3 Å². The van der Waals surface area contributed by atoms with Crippen molar-refractivity contribution in [3.63, 3.8) is 0 Å². The highest BCUT2D eigenvalue weighted by Crippen LogP contribution is 2.50. The Labute approximate surface area is 442 Å².